The van der Waals surface area contributed by atoms with Gasteiger partial charge in [-0.25, -0.2) is 4.79 Å². The largest absolute Gasteiger partial charge is 0.335 e. The molecule has 2 aliphatic carbocycles. The first-order chi connectivity index (χ1) is 9.20. The van der Waals surface area contributed by atoms with Crippen molar-refractivity contribution in [3.63, 3.8) is 0 Å². The minimum Gasteiger partial charge on any atom is -0.335 e. The summed E-state index contributed by atoms with van der Waals surface area (Å²) in [5.41, 5.74) is 0. The smallest absolute Gasteiger partial charge is 0.317 e. The predicted octanol–water partition coefficient (Wildman–Crippen LogP) is 3.04. The number of carbonyl (C=O) groups is 1. The molecule has 0 spiro atoms. The second-order valence-corrected chi connectivity index (χ2v) is 6.03. The molecule has 1 N–H and O–H groups in total. The van der Waals surface area contributed by atoms with Gasteiger partial charge in [-0.1, -0.05) is 19.3 Å². The van der Waals surface area contributed by atoms with Gasteiger partial charge in [0.2, 0.25) is 0 Å². The number of amides is 2. The Bertz CT molecular complexity index is 336. The van der Waals surface area contributed by atoms with E-state index in [1.54, 1.807) is 0 Å². The number of urea groups is 1. The molecule has 2 amide bonds. The molecular formula is C15H25N3O. The molecule has 0 bridgehead atoms. The van der Waals surface area contributed by atoms with Crippen LogP contribution in [0, 0.1) is 17.2 Å². The lowest BCUT2D eigenvalue weighted by atomic mass is 9.86. The van der Waals surface area contributed by atoms with Gasteiger partial charge in [0.25, 0.3) is 0 Å². The summed E-state index contributed by atoms with van der Waals surface area (Å²) in [6.07, 6.45) is 9.83. The Balaban J connectivity index is 1.77. The van der Waals surface area contributed by atoms with Gasteiger partial charge in [0, 0.05) is 25.0 Å². The van der Waals surface area contributed by atoms with Crippen LogP contribution in [0.3, 0.4) is 0 Å². The van der Waals surface area contributed by atoms with Crippen LogP contribution in [0.4, 0.5) is 4.79 Å². The van der Waals surface area contributed by atoms with Gasteiger partial charge >= 0.3 is 6.03 Å². The zero-order valence-electron chi connectivity index (χ0n) is 11.9. The fourth-order valence-corrected chi connectivity index (χ4v) is 3.28. The normalized spacial score (nSPS) is 28.4. The van der Waals surface area contributed by atoms with E-state index in [0.717, 1.165) is 38.5 Å². The van der Waals surface area contributed by atoms with Crippen molar-refractivity contribution in [1.82, 2.24) is 10.2 Å². The quantitative estimate of drug-likeness (QED) is 0.832. The van der Waals surface area contributed by atoms with Crippen molar-refractivity contribution in [3.05, 3.63) is 0 Å². The first-order valence-corrected chi connectivity index (χ1v) is 7.63. The van der Waals surface area contributed by atoms with Crippen molar-refractivity contribution >= 4 is 6.03 Å². The number of nitrogens with zero attached hydrogens (tertiary/aromatic N) is 2. The monoisotopic (exact) mass is 263 g/mol. The van der Waals surface area contributed by atoms with Gasteiger partial charge in [0.1, 0.15) is 0 Å². The standard InChI is InChI=1S/C15H25N3O/c1-18(14-9-7-12(11-16)8-10-14)15(19)17-13-5-3-2-4-6-13/h12-14H,2-10H2,1H3,(H,17,19). The van der Waals surface area contributed by atoms with Crippen molar-refractivity contribution in [3.8, 4) is 6.07 Å². The second-order valence-electron chi connectivity index (χ2n) is 6.03. The summed E-state index contributed by atoms with van der Waals surface area (Å²) in [5.74, 6) is 0.200. The average molecular weight is 263 g/mol. The third-order valence-electron chi connectivity index (χ3n) is 4.68. The van der Waals surface area contributed by atoms with Crippen LogP contribution in [-0.2, 0) is 0 Å². The highest BCUT2D eigenvalue weighted by Gasteiger charge is 2.27. The van der Waals surface area contributed by atoms with Crippen molar-refractivity contribution in [2.75, 3.05) is 7.05 Å². The van der Waals surface area contributed by atoms with E-state index in [1.807, 2.05) is 11.9 Å². The van der Waals surface area contributed by atoms with Crippen LogP contribution in [-0.4, -0.2) is 30.1 Å². The molecule has 106 valence electrons. The first-order valence-electron chi connectivity index (χ1n) is 7.63. The molecule has 19 heavy (non-hydrogen) atoms. The first kappa shape index (κ1) is 14.2. The summed E-state index contributed by atoms with van der Waals surface area (Å²) < 4.78 is 0. The number of hydrogen-bond acceptors (Lipinski definition) is 2. The van der Waals surface area contributed by atoms with Gasteiger partial charge in [0.15, 0.2) is 0 Å². The highest BCUT2D eigenvalue weighted by molar-refractivity contribution is 5.74. The third kappa shape index (κ3) is 3.86. The second kappa shape index (κ2) is 6.79. The maximum absolute atomic E-state index is 12.2. The highest BCUT2D eigenvalue weighted by atomic mass is 16.2. The lowest BCUT2D eigenvalue weighted by Crippen LogP contribution is -2.48. The van der Waals surface area contributed by atoms with Crippen LogP contribution in [0.25, 0.3) is 0 Å². The predicted molar refractivity (Wildman–Crippen MR) is 74.5 cm³/mol. The summed E-state index contributed by atoms with van der Waals surface area (Å²) in [6, 6.07) is 3.10. The molecule has 0 aromatic heterocycles. The summed E-state index contributed by atoms with van der Waals surface area (Å²) in [4.78, 5) is 14.1. The third-order valence-corrected chi connectivity index (χ3v) is 4.68. The molecule has 0 unspecified atom stereocenters. The Labute approximate surface area is 116 Å². The lowest BCUT2D eigenvalue weighted by molar-refractivity contribution is 0.162. The van der Waals surface area contributed by atoms with Gasteiger partial charge < -0.3 is 10.2 Å². The molecule has 4 nitrogen and oxygen atoms in total. The minimum absolute atomic E-state index is 0.0762. The van der Waals surface area contributed by atoms with E-state index in [4.69, 9.17) is 5.26 Å². The molecule has 0 saturated heterocycles. The Morgan fingerprint density at radius 1 is 1.11 bits per heavy atom. The van der Waals surface area contributed by atoms with Crippen molar-refractivity contribution in [2.45, 2.75) is 69.9 Å². The van der Waals surface area contributed by atoms with E-state index in [0.29, 0.717) is 12.1 Å². The molecule has 2 fully saturated rings. The number of rotatable bonds is 2. The van der Waals surface area contributed by atoms with Crippen molar-refractivity contribution in [2.24, 2.45) is 5.92 Å². The summed E-state index contributed by atoms with van der Waals surface area (Å²) in [5, 5.41) is 12.1. The summed E-state index contributed by atoms with van der Waals surface area (Å²) in [6.45, 7) is 0. The molecule has 0 radical (unpaired) electrons. The van der Waals surface area contributed by atoms with E-state index in [-0.39, 0.29) is 11.9 Å². The van der Waals surface area contributed by atoms with E-state index in [1.165, 1.54) is 19.3 Å². The molecule has 4 heteroatoms. The van der Waals surface area contributed by atoms with E-state index in [2.05, 4.69) is 11.4 Å². The molecule has 0 aromatic rings. The average Bonchev–Trinajstić information content (AvgIpc) is 2.47. The van der Waals surface area contributed by atoms with Crippen molar-refractivity contribution in [1.29, 1.82) is 5.26 Å². The zero-order chi connectivity index (χ0) is 13.7. The summed E-state index contributed by atoms with van der Waals surface area (Å²) >= 11 is 0. The zero-order valence-corrected chi connectivity index (χ0v) is 11.9. The maximum Gasteiger partial charge on any atom is 0.317 e. The molecule has 0 aliphatic heterocycles. The SMILES string of the molecule is CN(C(=O)NC1CCCCC1)C1CCC(C#N)CC1. The Morgan fingerprint density at radius 3 is 2.32 bits per heavy atom. The van der Waals surface area contributed by atoms with Crippen LogP contribution in [0.1, 0.15) is 57.8 Å². The number of nitriles is 1. The van der Waals surface area contributed by atoms with Gasteiger partial charge in [-0.05, 0) is 38.5 Å². The number of nitrogens with one attached hydrogen (secondary N) is 1. The van der Waals surface area contributed by atoms with Gasteiger partial charge in [-0.2, -0.15) is 5.26 Å². The van der Waals surface area contributed by atoms with Gasteiger partial charge in [0.05, 0.1) is 6.07 Å². The van der Waals surface area contributed by atoms with E-state index < -0.39 is 0 Å². The fraction of sp³-hybridized carbons (Fsp3) is 0.867. The van der Waals surface area contributed by atoms with Crippen molar-refractivity contribution < 1.29 is 4.79 Å². The highest BCUT2D eigenvalue weighted by Crippen LogP contribution is 2.26. The number of hydrogen-bond donors (Lipinski definition) is 1. The molecule has 0 aromatic carbocycles. The van der Waals surface area contributed by atoms with Crippen LogP contribution in [0.15, 0.2) is 0 Å². The molecule has 2 aliphatic rings. The lowest BCUT2D eigenvalue weighted by Gasteiger charge is -2.34. The Kier molecular flexibility index (Phi) is 5.07. The fourth-order valence-electron chi connectivity index (χ4n) is 3.28. The van der Waals surface area contributed by atoms with Crippen LogP contribution in [0.2, 0.25) is 0 Å². The topological polar surface area (TPSA) is 56.1 Å². The van der Waals surface area contributed by atoms with Crippen LogP contribution in [0.5, 0.6) is 0 Å². The molecule has 2 saturated carbocycles. The maximum atomic E-state index is 12.2. The molecule has 0 heterocycles. The Hall–Kier alpha value is -1.24. The van der Waals surface area contributed by atoms with Gasteiger partial charge in [-0.15, -0.1) is 0 Å². The van der Waals surface area contributed by atoms with Gasteiger partial charge in [-0.3, -0.25) is 0 Å². The minimum atomic E-state index is 0.0762. The molecule has 2 rings (SSSR count). The Morgan fingerprint density at radius 2 is 1.74 bits per heavy atom. The molecule has 0 atom stereocenters. The van der Waals surface area contributed by atoms with Crippen LogP contribution >= 0.6 is 0 Å². The number of carbonyl (C=O) groups excluding carboxylic acids is 1. The summed E-state index contributed by atoms with van der Waals surface area (Å²) in [7, 11) is 1.90. The van der Waals surface area contributed by atoms with E-state index >= 15 is 0 Å². The van der Waals surface area contributed by atoms with Crippen LogP contribution < -0.4 is 5.32 Å². The van der Waals surface area contributed by atoms with E-state index in [9.17, 15) is 4.79 Å². The molecular weight excluding hydrogens is 238 g/mol.